The number of methoxy groups -OCH3 is 2. The van der Waals surface area contributed by atoms with Crippen LogP contribution in [0.4, 0.5) is 18.9 Å². The molecule has 2 atom stereocenters. The second-order valence-corrected chi connectivity index (χ2v) is 9.39. The van der Waals surface area contributed by atoms with Crippen molar-refractivity contribution in [1.82, 2.24) is 0 Å². The number of rotatable bonds is 4. The molecule has 184 valence electrons. The number of alkyl halides is 3. The minimum atomic E-state index is -4.61. The summed E-state index contributed by atoms with van der Waals surface area (Å²) >= 11 is 0. The molecule has 4 aliphatic rings. The highest BCUT2D eigenvalue weighted by atomic mass is 19.4. The van der Waals surface area contributed by atoms with Gasteiger partial charge in [-0.3, -0.25) is 9.59 Å². The molecule has 2 bridgehead atoms. The third kappa shape index (κ3) is 2.74. The molecule has 3 aliphatic carbocycles. The van der Waals surface area contributed by atoms with E-state index in [1.807, 2.05) is 48.5 Å². The van der Waals surface area contributed by atoms with Crippen molar-refractivity contribution in [1.29, 1.82) is 0 Å². The number of nitrogens with zero attached hydrogens (tertiary/aromatic N) is 1. The molecule has 1 heterocycles. The average molecular weight is 493 g/mol. The molecular weight excluding hydrogens is 471 g/mol. The molecule has 1 saturated heterocycles. The molecule has 0 saturated carbocycles. The van der Waals surface area contributed by atoms with Gasteiger partial charge in [-0.1, -0.05) is 54.6 Å². The molecule has 7 rings (SSSR count). The summed E-state index contributed by atoms with van der Waals surface area (Å²) in [4.78, 5) is 29.1. The monoisotopic (exact) mass is 493 g/mol. The fraction of sp³-hybridized carbons (Fsp3) is 0.286. The van der Waals surface area contributed by atoms with Gasteiger partial charge in [0.15, 0.2) is 6.29 Å². The summed E-state index contributed by atoms with van der Waals surface area (Å²) in [6.45, 7) is 0. The van der Waals surface area contributed by atoms with Crippen LogP contribution in [0.5, 0.6) is 0 Å². The molecule has 8 heteroatoms. The maximum absolute atomic E-state index is 14.2. The number of hydrogen-bond donors (Lipinski definition) is 0. The summed E-state index contributed by atoms with van der Waals surface area (Å²) in [6, 6.07) is 19.6. The summed E-state index contributed by atoms with van der Waals surface area (Å²) < 4.78 is 52.1. The third-order valence-electron chi connectivity index (χ3n) is 7.92. The molecule has 1 fully saturated rings. The van der Waals surface area contributed by atoms with Crippen LogP contribution >= 0.6 is 0 Å². The smallest absolute Gasteiger partial charge is 0.355 e. The van der Waals surface area contributed by atoms with Gasteiger partial charge in [-0.05, 0) is 40.5 Å². The topological polar surface area (TPSA) is 55.8 Å². The van der Waals surface area contributed by atoms with Crippen LogP contribution < -0.4 is 4.90 Å². The van der Waals surface area contributed by atoms with Crippen LogP contribution in [0, 0.1) is 11.8 Å². The van der Waals surface area contributed by atoms with E-state index in [-0.39, 0.29) is 5.69 Å². The summed E-state index contributed by atoms with van der Waals surface area (Å²) in [6.07, 6.45) is -5.54. The fourth-order valence-corrected chi connectivity index (χ4v) is 6.77. The molecule has 0 unspecified atom stereocenters. The fourth-order valence-electron chi connectivity index (χ4n) is 6.77. The van der Waals surface area contributed by atoms with Gasteiger partial charge in [0, 0.05) is 20.1 Å². The maximum atomic E-state index is 14.2. The lowest BCUT2D eigenvalue weighted by Gasteiger charge is -2.56. The Labute approximate surface area is 205 Å². The molecular formula is C28H22F3NO4. The summed E-state index contributed by atoms with van der Waals surface area (Å²) in [7, 11) is 2.96. The molecule has 2 amide bonds. The number of hydrogen-bond acceptors (Lipinski definition) is 4. The zero-order chi connectivity index (χ0) is 25.4. The van der Waals surface area contributed by atoms with E-state index >= 15 is 0 Å². The SMILES string of the molecule is COC(OC)C12c3ccccc3C(c3ccccc31)[C@H]1C(=O)N(c3cccc(C(F)(F)F)c3)C(=O)[C@H]12. The zero-order valence-corrected chi connectivity index (χ0v) is 19.5. The minimum absolute atomic E-state index is 0.0942. The van der Waals surface area contributed by atoms with Crippen molar-refractivity contribution in [2.45, 2.75) is 23.8 Å². The first-order chi connectivity index (χ1) is 17.3. The van der Waals surface area contributed by atoms with E-state index in [0.717, 1.165) is 39.3 Å². The lowest BCUT2D eigenvalue weighted by atomic mass is 9.47. The van der Waals surface area contributed by atoms with E-state index in [2.05, 4.69) is 0 Å². The molecule has 0 radical (unpaired) electrons. The van der Waals surface area contributed by atoms with E-state index in [1.54, 1.807) is 0 Å². The van der Waals surface area contributed by atoms with Crippen LogP contribution in [-0.2, 0) is 30.7 Å². The number of anilines is 1. The normalized spacial score (nSPS) is 26.3. The summed E-state index contributed by atoms with van der Waals surface area (Å²) in [5, 5.41) is 0. The van der Waals surface area contributed by atoms with Crippen molar-refractivity contribution < 1.29 is 32.2 Å². The van der Waals surface area contributed by atoms with Crippen LogP contribution in [0.3, 0.4) is 0 Å². The van der Waals surface area contributed by atoms with Crippen LogP contribution in [-0.4, -0.2) is 32.3 Å². The van der Waals surface area contributed by atoms with E-state index < -0.39 is 53.0 Å². The Bertz CT molecular complexity index is 1350. The number of carbonyl (C=O) groups excluding carboxylic acids is 2. The molecule has 36 heavy (non-hydrogen) atoms. The molecule has 3 aromatic rings. The van der Waals surface area contributed by atoms with Crippen LogP contribution in [0.2, 0.25) is 0 Å². The Morgan fingerprint density at radius 2 is 1.42 bits per heavy atom. The highest BCUT2D eigenvalue weighted by Gasteiger charge is 2.71. The van der Waals surface area contributed by atoms with Crippen LogP contribution in [0.15, 0.2) is 72.8 Å². The second-order valence-electron chi connectivity index (χ2n) is 9.39. The number of amides is 2. The molecule has 0 aromatic heterocycles. The van der Waals surface area contributed by atoms with Gasteiger partial charge in [-0.25, -0.2) is 4.90 Å². The van der Waals surface area contributed by atoms with Gasteiger partial charge < -0.3 is 9.47 Å². The van der Waals surface area contributed by atoms with Crippen LogP contribution in [0.25, 0.3) is 0 Å². The standard InChI is InChI=1S/C28H22F3NO4/c1-35-26(36-2)27-19-12-5-3-10-17(19)21(18-11-4-6-13-20(18)27)22-23(27)25(34)32(24(22)33)16-9-7-8-15(14-16)28(29,30)31/h3-14,21-23,26H,1-2H3/t21?,22-,23+,27?/m1/s1. The van der Waals surface area contributed by atoms with Gasteiger partial charge in [0.1, 0.15) is 0 Å². The molecule has 1 aliphatic heterocycles. The summed E-state index contributed by atoms with van der Waals surface area (Å²) in [5.74, 6) is -3.24. The molecule has 5 nitrogen and oxygen atoms in total. The van der Waals surface area contributed by atoms with Gasteiger partial charge in [-0.15, -0.1) is 0 Å². The highest BCUT2D eigenvalue weighted by molar-refractivity contribution is 6.23. The Balaban J connectivity index is 1.63. The van der Waals surface area contributed by atoms with Crippen molar-refractivity contribution in [2.24, 2.45) is 11.8 Å². The Morgan fingerprint density at radius 3 is 1.97 bits per heavy atom. The highest BCUT2D eigenvalue weighted by Crippen LogP contribution is 2.65. The first-order valence-corrected chi connectivity index (χ1v) is 11.6. The van der Waals surface area contributed by atoms with Gasteiger partial charge >= 0.3 is 6.18 Å². The van der Waals surface area contributed by atoms with Gasteiger partial charge in [0.2, 0.25) is 11.8 Å². The minimum Gasteiger partial charge on any atom is -0.355 e. The van der Waals surface area contributed by atoms with Crippen molar-refractivity contribution in [3.8, 4) is 0 Å². The predicted molar refractivity (Wildman–Crippen MR) is 124 cm³/mol. The Kier molecular flexibility index (Phi) is 4.94. The van der Waals surface area contributed by atoms with Crippen molar-refractivity contribution in [2.75, 3.05) is 19.1 Å². The van der Waals surface area contributed by atoms with E-state index in [9.17, 15) is 22.8 Å². The van der Waals surface area contributed by atoms with E-state index in [4.69, 9.17) is 9.47 Å². The lowest BCUT2D eigenvalue weighted by Crippen LogP contribution is -2.60. The first-order valence-electron chi connectivity index (χ1n) is 11.6. The molecule has 0 spiro atoms. The maximum Gasteiger partial charge on any atom is 0.416 e. The number of carbonyl (C=O) groups is 2. The number of imide groups is 1. The molecule has 0 N–H and O–H groups in total. The molecule has 3 aromatic carbocycles. The predicted octanol–water partition coefficient (Wildman–Crippen LogP) is 4.88. The Hall–Kier alpha value is -3.49. The van der Waals surface area contributed by atoms with Crippen molar-refractivity contribution >= 4 is 17.5 Å². The number of ether oxygens (including phenoxy) is 2. The lowest BCUT2D eigenvalue weighted by molar-refractivity contribution is -0.168. The van der Waals surface area contributed by atoms with Crippen LogP contribution in [0.1, 0.15) is 33.7 Å². The third-order valence-corrected chi connectivity index (χ3v) is 7.92. The largest absolute Gasteiger partial charge is 0.416 e. The van der Waals surface area contributed by atoms with Gasteiger partial charge in [-0.2, -0.15) is 13.2 Å². The second kappa shape index (κ2) is 7.75. The zero-order valence-electron chi connectivity index (χ0n) is 19.5. The van der Waals surface area contributed by atoms with Crippen molar-refractivity contribution in [3.63, 3.8) is 0 Å². The van der Waals surface area contributed by atoms with Gasteiger partial charge in [0.05, 0.1) is 28.5 Å². The van der Waals surface area contributed by atoms with E-state index in [0.29, 0.717) is 0 Å². The summed E-state index contributed by atoms with van der Waals surface area (Å²) in [5.41, 5.74) is 1.26. The number of halogens is 3. The quantitative estimate of drug-likeness (QED) is 0.384. The number of benzene rings is 3. The Morgan fingerprint density at radius 1 is 0.833 bits per heavy atom. The van der Waals surface area contributed by atoms with Crippen molar-refractivity contribution in [3.05, 3.63) is 101 Å². The van der Waals surface area contributed by atoms with Gasteiger partial charge in [0.25, 0.3) is 0 Å². The average Bonchev–Trinajstić information content (AvgIpc) is 3.15. The first kappa shape index (κ1) is 22.9. The van der Waals surface area contributed by atoms with E-state index in [1.165, 1.54) is 26.4 Å².